The summed E-state index contributed by atoms with van der Waals surface area (Å²) in [5.74, 6) is 1.28. The number of hydrogen-bond donors (Lipinski definition) is 0. The quantitative estimate of drug-likeness (QED) is 0.434. The topological polar surface area (TPSA) is 83.7 Å². The van der Waals surface area contributed by atoms with Crippen LogP contribution in [-0.2, 0) is 9.53 Å². The number of carbonyl (C=O) groups excluding carboxylic acids is 1. The molecule has 3 aromatic rings. The van der Waals surface area contributed by atoms with E-state index >= 15 is 0 Å². The van der Waals surface area contributed by atoms with Crippen molar-refractivity contribution in [3.8, 4) is 23.0 Å². The molecule has 0 saturated heterocycles. The fraction of sp³-hybridized carbons (Fsp3) is 0.227. The van der Waals surface area contributed by atoms with Gasteiger partial charge in [0.1, 0.15) is 0 Å². The second-order valence-electron chi connectivity index (χ2n) is 6.34. The van der Waals surface area contributed by atoms with Crippen LogP contribution in [0.2, 0.25) is 0 Å². The summed E-state index contributed by atoms with van der Waals surface area (Å²) < 4.78 is 21.5. The zero-order chi connectivity index (χ0) is 20.8. The zero-order valence-electron chi connectivity index (χ0n) is 16.7. The SMILES string of the molecule is COc1ccc(/C=C/C(=O)OC(C)c2nnc(-c3cccc(C)c3)o2)cc1OC. The molecule has 29 heavy (non-hydrogen) atoms. The third kappa shape index (κ3) is 5.01. The molecule has 1 unspecified atom stereocenters. The average Bonchev–Trinajstić information content (AvgIpc) is 3.22. The number of esters is 1. The molecule has 2 aromatic carbocycles. The molecule has 0 saturated carbocycles. The van der Waals surface area contributed by atoms with Crippen LogP contribution < -0.4 is 9.47 Å². The van der Waals surface area contributed by atoms with E-state index in [1.165, 1.54) is 6.08 Å². The number of benzene rings is 2. The monoisotopic (exact) mass is 394 g/mol. The van der Waals surface area contributed by atoms with Gasteiger partial charge in [0.05, 0.1) is 14.2 Å². The van der Waals surface area contributed by atoms with Crippen LogP contribution in [0.25, 0.3) is 17.5 Å². The number of aromatic nitrogens is 2. The van der Waals surface area contributed by atoms with Gasteiger partial charge in [-0.05, 0) is 49.8 Å². The van der Waals surface area contributed by atoms with Crippen LogP contribution in [-0.4, -0.2) is 30.4 Å². The Kier molecular flexibility index (Phi) is 6.29. The Bertz CT molecular complexity index is 1030. The first-order valence-corrected chi connectivity index (χ1v) is 9.01. The van der Waals surface area contributed by atoms with Gasteiger partial charge in [-0.2, -0.15) is 0 Å². The minimum atomic E-state index is -0.677. The lowest BCUT2D eigenvalue weighted by Gasteiger charge is -2.08. The Morgan fingerprint density at radius 2 is 1.86 bits per heavy atom. The summed E-state index contributed by atoms with van der Waals surface area (Å²) in [5, 5.41) is 8.02. The van der Waals surface area contributed by atoms with E-state index in [1.807, 2.05) is 31.2 Å². The lowest BCUT2D eigenvalue weighted by Crippen LogP contribution is -2.06. The van der Waals surface area contributed by atoms with Crippen LogP contribution in [0.4, 0.5) is 0 Å². The number of rotatable bonds is 7. The predicted molar refractivity (Wildman–Crippen MR) is 108 cm³/mol. The minimum Gasteiger partial charge on any atom is -0.493 e. The van der Waals surface area contributed by atoms with Crippen LogP contribution in [0.5, 0.6) is 11.5 Å². The van der Waals surface area contributed by atoms with Gasteiger partial charge < -0.3 is 18.6 Å². The molecule has 0 amide bonds. The number of methoxy groups -OCH3 is 2. The molecular formula is C22H22N2O5. The van der Waals surface area contributed by atoms with E-state index < -0.39 is 12.1 Å². The molecule has 0 aliphatic carbocycles. The zero-order valence-corrected chi connectivity index (χ0v) is 16.7. The number of hydrogen-bond acceptors (Lipinski definition) is 7. The van der Waals surface area contributed by atoms with Crippen molar-refractivity contribution in [2.24, 2.45) is 0 Å². The lowest BCUT2D eigenvalue weighted by atomic mass is 10.1. The summed E-state index contributed by atoms with van der Waals surface area (Å²) in [4.78, 5) is 12.1. The predicted octanol–water partition coefficient (Wildman–Crippen LogP) is 4.38. The Labute approximate surface area is 168 Å². The summed E-state index contributed by atoms with van der Waals surface area (Å²) in [7, 11) is 3.12. The van der Waals surface area contributed by atoms with Crippen LogP contribution in [0.1, 0.15) is 30.0 Å². The molecule has 0 N–H and O–H groups in total. The molecule has 7 heteroatoms. The summed E-state index contributed by atoms with van der Waals surface area (Å²) in [5.41, 5.74) is 2.67. The van der Waals surface area contributed by atoms with Crippen molar-refractivity contribution < 1.29 is 23.4 Å². The molecule has 0 bridgehead atoms. The van der Waals surface area contributed by atoms with Gasteiger partial charge in [-0.1, -0.05) is 23.8 Å². The summed E-state index contributed by atoms with van der Waals surface area (Å²) in [6, 6.07) is 13.1. The Morgan fingerprint density at radius 1 is 1.07 bits per heavy atom. The lowest BCUT2D eigenvalue weighted by molar-refractivity contribution is -0.143. The van der Waals surface area contributed by atoms with Crippen molar-refractivity contribution in [2.75, 3.05) is 14.2 Å². The van der Waals surface area contributed by atoms with Gasteiger partial charge in [-0.25, -0.2) is 4.79 Å². The number of ether oxygens (including phenoxy) is 3. The van der Waals surface area contributed by atoms with E-state index in [0.29, 0.717) is 17.4 Å². The standard InChI is InChI=1S/C22H22N2O5/c1-14-6-5-7-17(12-14)22-24-23-21(29-22)15(2)28-20(25)11-9-16-8-10-18(26-3)19(13-16)27-4/h5-13,15H,1-4H3/b11-9+. The van der Waals surface area contributed by atoms with Crippen LogP contribution in [0.3, 0.4) is 0 Å². The van der Waals surface area contributed by atoms with Gasteiger partial charge in [0, 0.05) is 11.6 Å². The molecule has 7 nitrogen and oxygen atoms in total. The molecule has 0 aliphatic heterocycles. The van der Waals surface area contributed by atoms with Gasteiger partial charge in [0.25, 0.3) is 5.89 Å². The van der Waals surface area contributed by atoms with Crippen LogP contribution in [0, 0.1) is 6.92 Å². The highest BCUT2D eigenvalue weighted by atomic mass is 16.6. The summed E-state index contributed by atoms with van der Waals surface area (Å²) >= 11 is 0. The van der Waals surface area contributed by atoms with Crippen molar-refractivity contribution in [1.82, 2.24) is 10.2 Å². The first kappa shape index (κ1) is 20.1. The van der Waals surface area contributed by atoms with Crippen molar-refractivity contribution in [3.05, 3.63) is 65.6 Å². The van der Waals surface area contributed by atoms with E-state index in [-0.39, 0.29) is 5.89 Å². The molecule has 0 fully saturated rings. The molecule has 1 aromatic heterocycles. The Hall–Kier alpha value is -3.61. The third-order valence-electron chi connectivity index (χ3n) is 4.17. The first-order chi connectivity index (χ1) is 14.0. The second-order valence-corrected chi connectivity index (χ2v) is 6.34. The third-order valence-corrected chi connectivity index (χ3v) is 4.17. The van der Waals surface area contributed by atoms with Gasteiger partial charge >= 0.3 is 5.97 Å². The van der Waals surface area contributed by atoms with Crippen molar-refractivity contribution in [2.45, 2.75) is 20.0 Å². The maximum Gasteiger partial charge on any atom is 0.331 e. The average molecular weight is 394 g/mol. The molecule has 150 valence electrons. The molecular weight excluding hydrogens is 372 g/mol. The highest BCUT2D eigenvalue weighted by molar-refractivity contribution is 5.87. The van der Waals surface area contributed by atoms with Crippen LogP contribution >= 0.6 is 0 Å². The van der Waals surface area contributed by atoms with E-state index in [4.69, 9.17) is 18.6 Å². The van der Waals surface area contributed by atoms with Crippen molar-refractivity contribution in [3.63, 3.8) is 0 Å². The molecule has 1 heterocycles. The second kappa shape index (κ2) is 9.05. The first-order valence-electron chi connectivity index (χ1n) is 9.01. The number of carbonyl (C=O) groups is 1. The smallest absolute Gasteiger partial charge is 0.331 e. The van der Waals surface area contributed by atoms with E-state index in [1.54, 1.807) is 45.4 Å². The normalized spacial score (nSPS) is 12.0. The fourth-order valence-electron chi connectivity index (χ4n) is 2.68. The molecule has 0 radical (unpaired) electrons. The van der Waals surface area contributed by atoms with E-state index in [2.05, 4.69) is 10.2 Å². The van der Waals surface area contributed by atoms with Gasteiger partial charge in [0.2, 0.25) is 5.89 Å². The van der Waals surface area contributed by atoms with Crippen LogP contribution in [0.15, 0.2) is 53.0 Å². The summed E-state index contributed by atoms with van der Waals surface area (Å²) in [6.45, 7) is 3.66. The minimum absolute atomic E-state index is 0.231. The highest BCUT2D eigenvalue weighted by Gasteiger charge is 2.18. The Morgan fingerprint density at radius 3 is 2.59 bits per heavy atom. The molecule has 0 spiro atoms. The summed E-state index contributed by atoms with van der Waals surface area (Å²) in [6.07, 6.45) is 2.28. The van der Waals surface area contributed by atoms with Crippen molar-refractivity contribution >= 4 is 12.0 Å². The fourth-order valence-corrected chi connectivity index (χ4v) is 2.68. The van der Waals surface area contributed by atoms with Crippen molar-refractivity contribution in [1.29, 1.82) is 0 Å². The molecule has 0 aliphatic rings. The van der Waals surface area contributed by atoms with E-state index in [9.17, 15) is 4.79 Å². The maximum absolute atomic E-state index is 12.1. The largest absolute Gasteiger partial charge is 0.493 e. The van der Waals surface area contributed by atoms with Gasteiger partial charge in [-0.3, -0.25) is 0 Å². The molecule has 1 atom stereocenters. The number of aryl methyl sites for hydroxylation is 1. The Balaban J connectivity index is 1.64. The van der Waals surface area contributed by atoms with E-state index in [0.717, 1.165) is 16.7 Å². The maximum atomic E-state index is 12.1. The van der Waals surface area contributed by atoms with Gasteiger partial charge in [0.15, 0.2) is 17.6 Å². The van der Waals surface area contributed by atoms with Gasteiger partial charge in [-0.15, -0.1) is 10.2 Å². The highest BCUT2D eigenvalue weighted by Crippen LogP contribution is 2.28. The molecule has 3 rings (SSSR count). The number of nitrogens with zero attached hydrogens (tertiary/aromatic N) is 2.